The highest BCUT2D eigenvalue weighted by molar-refractivity contribution is 7.99. The lowest BCUT2D eigenvalue weighted by Gasteiger charge is -2.12. The Kier molecular flexibility index (Phi) is 7.46. The third-order valence-corrected chi connectivity index (χ3v) is 5.92. The van der Waals surface area contributed by atoms with Crippen LogP contribution in [-0.4, -0.2) is 35.1 Å². The van der Waals surface area contributed by atoms with Crippen LogP contribution in [-0.2, 0) is 0 Å². The van der Waals surface area contributed by atoms with Crippen LogP contribution in [0.3, 0.4) is 0 Å². The van der Waals surface area contributed by atoms with Crippen molar-refractivity contribution in [2.75, 3.05) is 30.1 Å². The lowest BCUT2D eigenvalue weighted by Crippen LogP contribution is -2.19. The molecule has 4 rings (SSSR count). The van der Waals surface area contributed by atoms with Gasteiger partial charge in [0.15, 0.2) is 0 Å². The van der Waals surface area contributed by atoms with E-state index in [4.69, 9.17) is 16.3 Å². The number of methoxy groups -OCH3 is 1. The number of urea groups is 1. The molecule has 0 atom stereocenters. The SMILES string of the molecule is CNc1nccc(-c2cccnc2Sc2ccc(NC(=O)Nc3cc(Cl)ccc3OC)cc2)n1. The molecule has 0 bridgehead atoms. The second kappa shape index (κ2) is 10.9. The van der Waals surface area contributed by atoms with E-state index >= 15 is 0 Å². The van der Waals surface area contributed by atoms with Gasteiger partial charge in [-0.1, -0.05) is 23.4 Å². The molecule has 0 saturated heterocycles. The van der Waals surface area contributed by atoms with Gasteiger partial charge in [0.2, 0.25) is 5.95 Å². The molecular weight excluding hydrogens is 472 g/mol. The van der Waals surface area contributed by atoms with Crippen molar-refractivity contribution >= 4 is 46.7 Å². The smallest absolute Gasteiger partial charge is 0.323 e. The monoisotopic (exact) mass is 492 g/mol. The molecule has 2 amide bonds. The molecule has 0 saturated carbocycles. The molecule has 4 aromatic rings. The average Bonchev–Trinajstić information content (AvgIpc) is 2.86. The van der Waals surface area contributed by atoms with Crippen LogP contribution in [0.2, 0.25) is 5.02 Å². The maximum Gasteiger partial charge on any atom is 0.323 e. The van der Waals surface area contributed by atoms with Gasteiger partial charge in [-0.05, 0) is 60.7 Å². The lowest BCUT2D eigenvalue weighted by molar-refractivity contribution is 0.262. The minimum Gasteiger partial charge on any atom is -0.495 e. The highest BCUT2D eigenvalue weighted by atomic mass is 35.5. The fourth-order valence-corrected chi connectivity index (χ4v) is 4.14. The molecule has 0 aliphatic rings. The van der Waals surface area contributed by atoms with Crippen molar-refractivity contribution in [3.05, 3.63) is 78.1 Å². The number of ether oxygens (including phenoxy) is 1. The highest BCUT2D eigenvalue weighted by Crippen LogP contribution is 2.34. The molecule has 0 radical (unpaired) electrons. The minimum absolute atomic E-state index is 0.405. The van der Waals surface area contributed by atoms with Crippen molar-refractivity contribution in [2.45, 2.75) is 9.92 Å². The number of hydrogen-bond donors (Lipinski definition) is 3. The molecule has 0 fully saturated rings. The Labute approximate surface area is 206 Å². The maximum absolute atomic E-state index is 12.4. The molecule has 2 aromatic heterocycles. The molecule has 0 spiro atoms. The average molecular weight is 493 g/mol. The first-order valence-corrected chi connectivity index (χ1v) is 11.4. The van der Waals surface area contributed by atoms with E-state index in [0.717, 1.165) is 21.2 Å². The van der Waals surface area contributed by atoms with E-state index in [-0.39, 0.29) is 0 Å². The number of nitrogens with zero attached hydrogens (tertiary/aromatic N) is 3. The summed E-state index contributed by atoms with van der Waals surface area (Å²) in [4.78, 5) is 26.6. The number of amides is 2. The first-order chi connectivity index (χ1) is 16.6. The molecule has 0 aliphatic carbocycles. The number of rotatable bonds is 7. The normalized spacial score (nSPS) is 10.4. The maximum atomic E-state index is 12.4. The summed E-state index contributed by atoms with van der Waals surface area (Å²) in [7, 11) is 3.30. The molecule has 0 aliphatic heterocycles. The summed E-state index contributed by atoms with van der Waals surface area (Å²) in [6.07, 6.45) is 3.45. The number of hydrogen-bond acceptors (Lipinski definition) is 7. The van der Waals surface area contributed by atoms with Crippen LogP contribution in [0.15, 0.2) is 83.0 Å². The predicted octanol–water partition coefficient (Wildman–Crippen LogP) is 6.04. The van der Waals surface area contributed by atoms with Crippen LogP contribution in [0.1, 0.15) is 0 Å². The van der Waals surface area contributed by atoms with Crippen LogP contribution >= 0.6 is 23.4 Å². The Bertz CT molecular complexity index is 1300. The minimum atomic E-state index is -0.405. The fraction of sp³-hybridized carbons (Fsp3) is 0.0833. The van der Waals surface area contributed by atoms with E-state index < -0.39 is 6.03 Å². The summed E-state index contributed by atoms with van der Waals surface area (Å²) < 4.78 is 5.26. The molecule has 3 N–H and O–H groups in total. The predicted molar refractivity (Wildman–Crippen MR) is 136 cm³/mol. The largest absolute Gasteiger partial charge is 0.495 e. The number of halogens is 1. The Morgan fingerprint density at radius 2 is 1.82 bits per heavy atom. The Morgan fingerprint density at radius 1 is 1.00 bits per heavy atom. The van der Waals surface area contributed by atoms with E-state index in [9.17, 15) is 4.79 Å². The molecule has 2 heterocycles. The lowest BCUT2D eigenvalue weighted by atomic mass is 10.2. The zero-order valence-electron chi connectivity index (χ0n) is 18.4. The summed E-state index contributed by atoms with van der Waals surface area (Å²) in [5.74, 6) is 1.06. The number of aromatic nitrogens is 3. The summed E-state index contributed by atoms with van der Waals surface area (Å²) in [5.41, 5.74) is 2.80. The molecule has 10 heteroatoms. The first-order valence-electron chi connectivity index (χ1n) is 10.2. The van der Waals surface area contributed by atoms with Gasteiger partial charge in [-0.15, -0.1) is 0 Å². The van der Waals surface area contributed by atoms with Crippen LogP contribution in [0.4, 0.5) is 22.1 Å². The Morgan fingerprint density at radius 3 is 2.59 bits per heavy atom. The van der Waals surface area contributed by atoms with E-state index in [2.05, 4.69) is 30.9 Å². The molecule has 172 valence electrons. The molecule has 8 nitrogen and oxygen atoms in total. The van der Waals surface area contributed by atoms with E-state index in [0.29, 0.717) is 28.1 Å². The van der Waals surface area contributed by atoms with Gasteiger partial charge in [0.05, 0.1) is 18.5 Å². The summed E-state index contributed by atoms with van der Waals surface area (Å²) in [6.45, 7) is 0. The molecule has 34 heavy (non-hydrogen) atoms. The van der Waals surface area contributed by atoms with Gasteiger partial charge in [0, 0.05) is 40.6 Å². The number of pyridine rings is 1. The number of carbonyl (C=O) groups excluding carboxylic acids is 1. The summed E-state index contributed by atoms with van der Waals surface area (Å²) in [5, 5.41) is 9.81. The van der Waals surface area contributed by atoms with Gasteiger partial charge in [-0.2, -0.15) is 0 Å². The van der Waals surface area contributed by atoms with Crippen molar-refractivity contribution in [2.24, 2.45) is 0 Å². The van der Waals surface area contributed by atoms with Gasteiger partial charge < -0.3 is 20.7 Å². The van der Waals surface area contributed by atoms with Crippen molar-refractivity contribution in [1.82, 2.24) is 15.0 Å². The number of benzene rings is 2. The third-order valence-electron chi connectivity index (χ3n) is 4.66. The first kappa shape index (κ1) is 23.3. The van der Waals surface area contributed by atoms with Crippen molar-refractivity contribution in [1.29, 1.82) is 0 Å². The van der Waals surface area contributed by atoms with Crippen molar-refractivity contribution < 1.29 is 9.53 Å². The summed E-state index contributed by atoms with van der Waals surface area (Å²) in [6, 6.07) is 17.8. The number of nitrogens with one attached hydrogen (secondary N) is 3. The zero-order chi connectivity index (χ0) is 23.9. The number of anilines is 3. The van der Waals surface area contributed by atoms with Crippen molar-refractivity contribution in [3.8, 4) is 17.0 Å². The van der Waals surface area contributed by atoms with Gasteiger partial charge >= 0.3 is 6.03 Å². The summed E-state index contributed by atoms with van der Waals surface area (Å²) >= 11 is 7.53. The number of carbonyl (C=O) groups is 1. The fourth-order valence-electron chi connectivity index (χ4n) is 3.08. The standard InChI is InChI=1S/C24H21ClN6O2S/c1-26-23-28-13-11-19(30-23)18-4-3-12-27-22(18)34-17-8-6-16(7-9-17)29-24(32)31-20-14-15(25)5-10-21(20)33-2/h3-14H,1-2H3,(H,26,28,30)(H2,29,31,32). The van der Waals surface area contributed by atoms with Gasteiger partial charge in [-0.25, -0.2) is 19.7 Å². The van der Waals surface area contributed by atoms with Gasteiger partial charge in [0.25, 0.3) is 0 Å². The quantitative estimate of drug-likeness (QED) is 0.289. The van der Waals surface area contributed by atoms with Crippen LogP contribution in [0.25, 0.3) is 11.3 Å². The topological polar surface area (TPSA) is 101 Å². The van der Waals surface area contributed by atoms with E-state index in [1.807, 2.05) is 42.5 Å². The molecular formula is C24H21ClN6O2S. The molecule has 2 aromatic carbocycles. The van der Waals surface area contributed by atoms with Gasteiger partial charge in [-0.3, -0.25) is 0 Å². The zero-order valence-corrected chi connectivity index (χ0v) is 19.9. The second-order valence-corrected chi connectivity index (χ2v) is 8.42. The Balaban J connectivity index is 1.45. The van der Waals surface area contributed by atoms with E-state index in [1.165, 1.54) is 18.9 Å². The highest BCUT2D eigenvalue weighted by Gasteiger charge is 2.12. The van der Waals surface area contributed by atoms with Crippen LogP contribution in [0.5, 0.6) is 5.75 Å². The molecule has 0 unspecified atom stereocenters. The second-order valence-electron chi connectivity index (χ2n) is 6.92. The van der Waals surface area contributed by atoms with Crippen LogP contribution < -0.4 is 20.7 Å². The third kappa shape index (κ3) is 5.75. The Hall–Kier alpha value is -3.82. The van der Waals surface area contributed by atoms with E-state index in [1.54, 1.807) is 37.6 Å². The van der Waals surface area contributed by atoms with Crippen LogP contribution in [0, 0.1) is 0 Å². The van der Waals surface area contributed by atoms with Crippen molar-refractivity contribution in [3.63, 3.8) is 0 Å². The van der Waals surface area contributed by atoms with Gasteiger partial charge in [0.1, 0.15) is 10.8 Å².